The second-order valence-electron chi connectivity index (χ2n) is 6.68. The zero-order valence-corrected chi connectivity index (χ0v) is 15.4. The number of amides is 1. The number of carbonyl (C=O) groups is 1. The number of aryl methyl sites for hydroxylation is 1. The largest absolute Gasteiger partial charge is 0.388 e. The zero-order chi connectivity index (χ0) is 19.0. The summed E-state index contributed by atoms with van der Waals surface area (Å²) in [6.07, 6.45) is 0.796. The summed E-state index contributed by atoms with van der Waals surface area (Å²) in [7, 11) is 4.76. The lowest BCUT2D eigenvalue weighted by Gasteiger charge is -2.18. The van der Waals surface area contributed by atoms with Crippen molar-refractivity contribution in [1.82, 2.24) is 19.0 Å². The maximum Gasteiger partial charge on any atom is 0.331 e. The Bertz CT molecular complexity index is 976. The van der Waals surface area contributed by atoms with Crippen LogP contribution < -0.4 is 16.6 Å². The molecule has 1 fully saturated rings. The van der Waals surface area contributed by atoms with Gasteiger partial charge in [-0.3, -0.25) is 23.7 Å². The zero-order valence-electron chi connectivity index (χ0n) is 15.4. The lowest BCUT2D eigenvalue weighted by Crippen LogP contribution is -2.41. The smallest absolute Gasteiger partial charge is 0.331 e. The quantitative estimate of drug-likeness (QED) is 0.862. The number of likely N-dealkylation sites (tertiary alicyclic amines) is 1. The van der Waals surface area contributed by atoms with E-state index in [1.165, 1.54) is 24.7 Å². The van der Waals surface area contributed by atoms with Crippen LogP contribution in [0.2, 0.25) is 0 Å². The lowest BCUT2D eigenvalue weighted by molar-refractivity contribution is 0.0779. The van der Waals surface area contributed by atoms with Crippen molar-refractivity contribution < 1.29 is 4.79 Å². The fourth-order valence-electron chi connectivity index (χ4n) is 3.33. The highest BCUT2D eigenvalue weighted by molar-refractivity contribution is 5.92. The number of pyridine rings is 1. The lowest BCUT2D eigenvalue weighted by atomic mass is 10.0. The number of aromatic nitrogens is 3. The Morgan fingerprint density at radius 1 is 1.19 bits per heavy atom. The normalized spacial score (nSPS) is 16.8. The van der Waals surface area contributed by atoms with Gasteiger partial charge in [0.25, 0.3) is 11.5 Å². The minimum Gasteiger partial charge on any atom is -0.388 e. The van der Waals surface area contributed by atoms with Gasteiger partial charge in [0.15, 0.2) is 0 Å². The average molecular weight is 357 g/mol. The number of rotatable bonds is 3. The second kappa shape index (κ2) is 6.78. The molecule has 3 heterocycles. The molecule has 0 aromatic carbocycles. The van der Waals surface area contributed by atoms with E-state index >= 15 is 0 Å². The van der Waals surface area contributed by atoms with E-state index in [1.807, 2.05) is 26.1 Å². The van der Waals surface area contributed by atoms with Crippen LogP contribution in [0.5, 0.6) is 0 Å². The van der Waals surface area contributed by atoms with Crippen LogP contribution in [-0.4, -0.2) is 45.1 Å². The van der Waals surface area contributed by atoms with Gasteiger partial charge in [-0.05, 0) is 25.5 Å². The molecule has 0 unspecified atom stereocenters. The van der Waals surface area contributed by atoms with Gasteiger partial charge in [-0.1, -0.05) is 0 Å². The van der Waals surface area contributed by atoms with Gasteiger partial charge in [-0.15, -0.1) is 0 Å². The van der Waals surface area contributed by atoms with Gasteiger partial charge in [-0.2, -0.15) is 0 Å². The Morgan fingerprint density at radius 3 is 2.62 bits per heavy atom. The predicted octanol–water partition coefficient (Wildman–Crippen LogP) is 0.459. The minimum atomic E-state index is -0.504. The van der Waals surface area contributed by atoms with E-state index in [4.69, 9.17) is 0 Å². The van der Waals surface area contributed by atoms with Gasteiger partial charge in [0, 0.05) is 63.3 Å². The number of nitrogens with zero attached hydrogens (tertiary/aromatic N) is 4. The van der Waals surface area contributed by atoms with Gasteiger partial charge < -0.3 is 10.2 Å². The van der Waals surface area contributed by atoms with Gasteiger partial charge in [0.05, 0.1) is 0 Å². The number of carbonyl (C=O) groups excluding carboxylic acids is 1. The van der Waals surface area contributed by atoms with Crippen LogP contribution in [0.15, 0.2) is 27.8 Å². The van der Waals surface area contributed by atoms with Crippen molar-refractivity contribution in [2.24, 2.45) is 14.1 Å². The molecule has 26 heavy (non-hydrogen) atoms. The number of nitrogens with one attached hydrogen (secondary N) is 1. The van der Waals surface area contributed by atoms with E-state index in [-0.39, 0.29) is 17.5 Å². The standard InChI is InChI=1S/C18H23N5O3/c1-11-7-13(19-2)8-14(20-11)12-5-6-23(10-12)17(25)15-9-16(24)22(4)18(26)21(15)3/h7-9,12H,5-6,10H2,1-4H3,(H,19,20)/t12-/m1/s1. The molecular formula is C18H23N5O3. The average Bonchev–Trinajstić information content (AvgIpc) is 3.12. The van der Waals surface area contributed by atoms with Gasteiger partial charge >= 0.3 is 5.69 Å². The third-order valence-electron chi connectivity index (χ3n) is 4.90. The summed E-state index contributed by atoms with van der Waals surface area (Å²) in [6, 6.07) is 5.19. The van der Waals surface area contributed by atoms with Crippen molar-refractivity contribution in [3.63, 3.8) is 0 Å². The molecule has 0 bridgehead atoms. The minimum absolute atomic E-state index is 0.117. The molecular weight excluding hydrogens is 334 g/mol. The molecule has 8 nitrogen and oxygen atoms in total. The fraction of sp³-hybridized carbons (Fsp3) is 0.444. The Kier molecular flexibility index (Phi) is 4.67. The summed E-state index contributed by atoms with van der Waals surface area (Å²) in [6.45, 7) is 3.02. The molecule has 0 aliphatic carbocycles. The Labute approximate surface area is 151 Å². The summed E-state index contributed by atoms with van der Waals surface area (Å²) in [5, 5.41) is 3.12. The van der Waals surface area contributed by atoms with Crippen LogP contribution in [0.3, 0.4) is 0 Å². The van der Waals surface area contributed by atoms with E-state index in [0.29, 0.717) is 13.1 Å². The van der Waals surface area contributed by atoms with Crippen molar-refractivity contribution in [2.75, 3.05) is 25.5 Å². The summed E-state index contributed by atoms with van der Waals surface area (Å²) < 4.78 is 2.21. The highest BCUT2D eigenvalue weighted by Crippen LogP contribution is 2.28. The molecule has 1 aliphatic rings. The molecule has 0 saturated carbocycles. The third-order valence-corrected chi connectivity index (χ3v) is 4.90. The second-order valence-corrected chi connectivity index (χ2v) is 6.68. The Hall–Kier alpha value is -2.90. The molecule has 1 atom stereocenters. The summed E-state index contributed by atoms with van der Waals surface area (Å²) in [4.78, 5) is 43.1. The molecule has 138 valence electrons. The maximum absolute atomic E-state index is 12.8. The van der Waals surface area contributed by atoms with Gasteiger partial charge in [0.2, 0.25) is 0 Å². The monoisotopic (exact) mass is 357 g/mol. The number of hydrogen-bond donors (Lipinski definition) is 1. The van der Waals surface area contributed by atoms with Gasteiger partial charge in [-0.25, -0.2) is 4.79 Å². The van der Waals surface area contributed by atoms with Crippen LogP contribution >= 0.6 is 0 Å². The molecule has 2 aromatic rings. The predicted molar refractivity (Wildman–Crippen MR) is 98.7 cm³/mol. The first-order chi connectivity index (χ1) is 12.3. The van der Waals surface area contributed by atoms with E-state index in [2.05, 4.69) is 10.3 Å². The first-order valence-corrected chi connectivity index (χ1v) is 8.54. The van der Waals surface area contributed by atoms with Crippen molar-refractivity contribution in [1.29, 1.82) is 0 Å². The van der Waals surface area contributed by atoms with Crippen molar-refractivity contribution in [3.05, 3.63) is 56.1 Å². The third kappa shape index (κ3) is 3.14. The maximum atomic E-state index is 12.8. The highest BCUT2D eigenvalue weighted by Gasteiger charge is 2.30. The van der Waals surface area contributed by atoms with E-state index in [9.17, 15) is 14.4 Å². The molecule has 1 N–H and O–H groups in total. The molecule has 1 aliphatic heterocycles. The van der Waals surface area contributed by atoms with E-state index < -0.39 is 11.2 Å². The van der Waals surface area contributed by atoms with Gasteiger partial charge in [0.1, 0.15) is 5.69 Å². The molecule has 1 saturated heterocycles. The van der Waals surface area contributed by atoms with Crippen LogP contribution in [0.1, 0.15) is 34.2 Å². The fourth-order valence-corrected chi connectivity index (χ4v) is 3.33. The highest BCUT2D eigenvalue weighted by atomic mass is 16.2. The molecule has 8 heteroatoms. The number of anilines is 1. The molecule has 0 radical (unpaired) electrons. The molecule has 2 aromatic heterocycles. The summed E-state index contributed by atoms with van der Waals surface area (Å²) >= 11 is 0. The molecule has 0 spiro atoms. The van der Waals surface area contributed by atoms with Crippen LogP contribution in [-0.2, 0) is 14.1 Å². The van der Waals surface area contributed by atoms with Crippen LogP contribution in [0, 0.1) is 6.92 Å². The Balaban J connectivity index is 1.86. The number of hydrogen-bond acceptors (Lipinski definition) is 5. The van der Waals surface area contributed by atoms with Crippen LogP contribution in [0.4, 0.5) is 5.69 Å². The molecule has 3 rings (SSSR count). The van der Waals surface area contributed by atoms with Crippen molar-refractivity contribution in [3.8, 4) is 0 Å². The van der Waals surface area contributed by atoms with Crippen molar-refractivity contribution >= 4 is 11.6 Å². The first kappa shape index (κ1) is 17.9. The SMILES string of the molecule is CNc1cc(C)nc([C@@H]2CCN(C(=O)c3cc(=O)n(C)c(=O)n3C)C2)c1. The summed E-state index contributed by atoms with van der Waals surface area (Å²) in [5.41, 5.74) is 1.99. The van der Waals surface area contributed by atoms with E-state index in [0.717, 1.165) is 28.1 Å². The van der Waals surface area contributed by atoms with Crippen LogP contribution in [0.25, 0.3) is 0 Å². The molecule has 1 amide bonds. The van der Waals surface area contributed by atoms with Crippen molar-refractivity contribution in [2.45, 2.75) is 19.3 Å². The Morgan fingerprint density at radius 2 is 1.92 bits per heavy atom. The summed E-state index contributed by atoms with van der Waals surface area (Å²) in [5.74, 6) is -0.166. The topological polar surface area (TPSA) is 89.2 Å². The first-order valence-electron chi connectivity index (χ1n) is 8.54. The van der Waals surface area contributed by atoms with E-state index in [1.54, 1.807) is 4.90 Å².